The zero-order valence-electron chi connectivity index (χ0n) is 6.24. The van der Waals surface area contributed by atoms with Crippen LogP contribution in [0, 0.1) is 5.82 Å². The van der Waals surface area contributed by atoms with E-state index in [0.29, 0.717) is 0 Å². The van der Waals surface area contributed by atoms with Crippen LogP contribution in [0.15, 0.2) is 18.2 Å². The zero-order chi connectivity index (χ0) is 9.14. The Hall–Kier alpha value is -0.905. The Morgan fingerprint density at radius 2 is 2.00 bits per heavy atom. The van der Waals surface area contributed by atoms with Crippen LogP contribution in [-0.4, -0.2) is 22.3 Å². The van der Waals surface area contributed by atoms with Crippen molar-refractivity contribution in [3.63, 3.8) is 0 Å². The van der Waals surface area contributed by atoms with Gasteiger partial charge >= 0.3 is 7.12 Å². The molecule has 0 heterocycles. The Bertz CT molecular complexity index is 277. The van der Waals surface area contributed by atoms with Gasteiger partial charge in [-0.2, -0.15) is 0 Å². The first-order chi connectivity index (χ1) is 5.65. The Labute approximate surface area is 69.2 Å². The molecule has 0 radical (unpaired) electrons. The molecule has 3 nitrogen and oxygen atoms in total. The average Bonchev–Trinajstić information content (AvgIpc) is 2.04. The summed E-state index contributed by atoms with van der Waals surface area (Å²) in [6, 6.07) is 3.64. The normalized spacial score (nSPS) is 10.0. The highest BCUT2D eigenvalue weighted by Gasteiger charge is 2.12. The predicted octanol–water partition coefficient (Wildman–Crippen LogP) is -1.00. The molecule has 64 valence electrons. The highest BCUT2D eigenvalue weighted by Crippen LogP contribution is 2.04. The Kier molecular flexibility index (Phi) is 2.81. The second-order valence-electron chi connectivity index (χ2n) is 2.38. The summed E-state index contributed by atoms with van der Waals surface area (Å²) < 4.78 is 12.8. The molecular formula is C7H8BFO3. The second-order valence-corrected chi connectivity index (χ2v) is 2.38. The minimum atomic E-state index is -1.67. The van der Waals surface area contributed by atoms with Gasteiger partial charge in [0, 0.05) is 5.56 Å². The van der Waals surface area contributed by atoms with E-state index in [2.05, 4.69) is 0 Å². The van der Waals surface area contributed by atoms with Crippen LogP contribution in [0.2, 0.25) is 0 Å². The van der Waals surface area contributed by atoms with Crippen molar-refractivity contribution in [3.05, 3.63) is 29.6 Å². The van der Waals surface area contributed by atoms with Gasteiger partial charge in [-0.25, -0.2) is 4.39 Å². The van der Waals surface area contributed by atoms with Gasteiger partial charge in [0.15, 0.2) is 0 Å². The van der Waals surface area contributed by atoms with Crippen LogP contribution in [0.4, 0.5) is 4.39 Å². The van der Waals surface area contributed by atoms with Gasteiger partial charge in [0.05, 0.1) is 6.61 Å². The molecule has 0 aliphatic heterocycles. The Morgan fingerprint density at radius 1 is 1.33 bits per heavy atom. The van der Waals surface area contributed by atoms with E-state index in [1.807, 2.05) is 0 Å². The lowest BCUT2D eigenvalue weighted by atomic mass is 9.80. The maximum absolute atomic E-state index is 12.8. The van der Waals surface area contributed by atoms with Crippen LogP contribution in [0.5, 0.6) is 0 Å². The molecule has 3 N–H and O–H groups in total. The fraction of sp³-hybridized carbons (Fsp3) is 0.143. The maximum atomic E-state index is 12.8. The van der Waals surface area contributed by atoms with Crippen LogP contribution in [0.25, 0.3) is 0 Å². The molecule has 12 heavy (non-hydrogen) atoms. The van der Waals surface area contributed by atoms with E-state index < -0.39 is 19.5 Å². The first kappa shape index (κ1) is 9.19. The number of halogens is 1. The Morgan fingerprint density at radius 3 is 2.42 bits per heavy atom. The smallest absolute Gasteiger partial charge is 0.423 e. The van der Waals surface area contributed by atoms with E-state index in [4.69, 9.17) is 15.2 Å². The first-order valence-corrected chi connectivity index (χ1v) is 3.40. The van der Waals surface area contributed by atoms with E-state index in [1.54, 1.807) is 0 Å². The highest BCUT2D eigenvalue weighted by atomic mass is 19.1. The molecule has 1 rings (SSSR count). The summed E-state index contributed by atoms with van der Waals surface area (Å²) >= 11 is 0. The van der Waals surface area contributed by atoms with Gasteiger partial charge in [-0.15, -0.1) is 0 Å². The molecule has 1 aromatic rings. The van der Waals surface area contributed by atoms with Crippen molar-refractivity contribution < 1.29 is 19.5 Å². The number of aliphatic hydroxyl groups is 1. The van der Waals surface area contributed by atoms with E-state index in [1.165, 1.54) is 12.1 Å². The standard InChI is InChI=1S/C7H8BFO3/c9-7-3-6(8(11)12)2-1-5(7)4-10/h1-3,10-12H,4H2. The lowest BCUT2D eigenvalue weighted by molar-refractivity contribution is 0.276. The lowest BCUT2D eigenvalue weighted by Crippen LogP contribution is -2.30. The van der Waals surface area contributed by atoms with Gasteiger partial charge in [0.2, 0.25) is 0 Å². The van der Waals surface area contributed by atoms with E-state index >= 15 is 0 Å². The summed E-state index contributed by atoms with van der Waals surface area (Å²) in [6.07, 6.45) is 0. The number of hydrogen-bond acceptors (Lipinski definition) is 3. The molecule has 0 aliphatic rings. The molecule has 0 bridgehead atoms. The molecule has 0 atom stereocenters. The second kappa shape index (κ2) is 3.66. The van der Waals surface area contributed by atoms with Crippen molar-refractivity contribution in [2.75, 3.05) is 0 Å². The number of rotatable bonds is 2. The molecule has 0 saturated carbocycles. The number of aliphatic hydroxyl groups excluding tert-OH is 1. The van der Waals surface area contributed by atoms with Gasteiger partial charge in [-0.1, -0.05) is 12.1 Å². The minimum absolute atomic E-state index is 0.0738. The monoisotopic (exact) mass is 170 g/mol. The molecule has 0 amide bonds. The molecular weight excluding hydrogens is 162 g/mol. The van der Waals surface area contributed by atoms with Gasteiger partial charge in [-0.05, 0) is 11.5 Å². The third-order valence-electron chi connectivity index (χ3n) is 1.55. The minimum Gasteiger partial charge on any atom is -0.423 e. The fourth-order valence-electron chi connectivity index (χ4n) is 0.852. The summed E-state index contributed by atoms with van der Waals surface area (Å²) in [7, 11) is -1.67. The van der Waals surface area contributed by atoms with Gasteiger partial charge in [0.1, 0.15) is 5.82 Å². The van der Waals surface area contributed by atoms with E-state index in [9.17, 15) is 4.39 Å². The van der Waals surface area contributed by atoms with Gasteiger partial charge in [0.25, 0.3) is 0 Å². The summed E-state index contributed by atoms with van der Waals surface area (Å²) in [4.78, 5) is 0. The molecule has 0 fully saturated rings. The summed E-state index contributed by atoms with van der Waals surface area (Å²) in [5, 5.41) is 25.9. The van der Waals surface area contributed by atoms with Crippen molar-refractivity contribution >= 4 is 12.6 Å². The van der Waals surface area contributed by atoms with Gasteiger partial charge in [-0.3, -0.25) is 0 Å². The lowest BCUT2D eigenvalue weighted by Gasteiger charge is -2.02. The molecule has 0 saturated heterocycles. The van der Waals surface area contributed by atoms with Crippen molar-refractivity contribution in [1.29, 1.82) is 0 Å². The SMILES string of the molecule is OCc1ccc(B(O)O)cc1F. The summed E-state index contributed by atoms with van der Waals surface area (Å²) in [5.41, 5.74) is 0.212. The highest BCUT2D eigenvalue weighted by molar-refractivity contribution is 6.58. The van der Waals surface area contributed by atoms with Crippen LogP contribution in [0.3, 0.4) is 0 Å². The third-order valence-corrected chi connectivity index (χ3v) is 1.55. The molecule has 0 spiro atoms. The van der Waals surface area contributed by atoms with Crippen molar-refractivity contribution in [3.8, 4) is 0 Å². The van der Waals surface area contributed by atoms with Gasteiger partial charge < -0.3 is 15.2 Å². The molecule has 1 aromatic carbocycles. The number of hydrogen-bond donors (Lipinski definition) is 3. The van der Waals surface area contributed by atoms with Crippen molar-refractivity contribution in [1.82, 2.24) is 0 Å². The zero-order valence-corrected chi connectivity index (χ0v) is 6.24. The van der Waals surface area contributed by atoms with Crippen molar-refractivity contribution in [2.45, 2.75) is 6.61 Å². The average molecular weight is 170 g/mol. The van der Waals surface area contributed by atoms with Crippen LogP contribution in [0.1, 0.15) is 5.56 Å². The van der Waals surface area contributed by atoms with Crippen LogP contribution in [-0.2, 0) is 6.61 Å². The van der Waals surface area contributed by atoms with Crippen LogP contribution < -0.4 is 5.46 Å². The molecule has 0 aliphatic carbocycles. The molecule has 5 heteroatoms. The maximum Gasteiger partial charge on any atom is 0.488 e. The van der Waals surface area contributed by atoms with E-state index in [-0.39, 0.29) is 11.0 Å². The third kappa shape index (κ3) is 1.82. The molecule has 0 aromatic heterocycles. The van der Waals surface area contributed by atoms with Crippen molar-refractivity contribution in [2.24, 2.45) is 0 Å². The quantitative estimate of drug-likeness (QED) is 0.498. The first-order valence-electron chi connectivity index (χ1n) is 3.40. The summed E-state index contributed by atoms with van der Waals surface area (Å²) in [5.74, 6) is -0.636. The van der Waals surface area contributed by atoms with E-state index in [0.717, 1.165) is 6.07 Å². The van der Waals surface area contributed by atoms with Crippen LogP contribution >= 0.6 is 0 Å². The summed E-state index contributed by atoms with van der Waals surface area (Å²) in [6.45, 7) is -0.395. The fourth-order valence-corrected chi connectivity index (χ4v) is 0.852. The Balaban J connectivity index is 3.02. The predicted molar refractivity (Wildman–Crippen MR) is 42.1 cm³/mol. The largest absolute Gasteiger partial charge is 0.488 e. The molecule has 0 unspecified atom stereocenters. The topological polar surface area (TPSA) is 60.7 Å². The number of benzene rings is 1.